The van der Waals surface area contributed by atoms with Gasteiger partial charge in [-0.15, -0.1) is 0 Å². The van der Waals surface area contributed by atoms with Gasteiger partial charge in [0.25, 0.3) is 0 Å². The summed E-state index contributed by atoms with van der Waals surface area (Å²) < 4.78 is 0. The predicted octanol–water partition coefficient (Wildman–Crippen LogP) is -0.826. The summed E-state index contributed by atoms with van der Waals surface area (Å²) in [6.45, 7) is 3.78. The third-order valence-corrected chi connectivity index (χ3v) is 2.37. The van der Waals surface area contributed by atoms with E-state index < -0.39 is 0 Å². The van der Waals surface area contributed by atoms with Crippen LogP contribution in [-0.2, 0) is 4.79 Å². The molecule has 0 aliphatic carbocycles. The average molecular weight is 172 g/mol. The Hall–Kier alpha value is -0.610. The standard InChI is InChI=1S/C8H16N2O2/c1-6(11)7-2-3-10(4-7)5-8(9)12/h6-7,11H,2-5H2,1H3,(H2,9,12). The summed E-state index contributed by atoms with van der Waals surface area (Å²) in [5.41, 5.74) is 5.05. The number of aliphatic hydroxyl groups excluding tert-OH is 1. The van der Waals surface area contributed by atoms with Crippen molar-refractivity contribution in [3.05, 3.63) is 0 Å². The van der Waals surface area contributed by atoms with Gasteiger partial charge in [0, 0.05) is 6.54 Å². The molecule has 0 aromatic heterocycles. The molecular weight excluding hydrogens is 156 g/mol. The molecule has 70 valence electrons. The Labute approximate surface area is 72.3 Å². The SMILES string of the molecule is CC(O)C1CCN(CC(N)=O)C1. The van der Waals surface area contributed by atoms with Crippen LogP contribution in [0, 0.1) is 5.92 Å². The van der Waals surface area contributed by atoms with Crippen LogP contribution in [0.15, 0.2) is 0 Å². The second kappa shape index (κ2) is 3.87. The summed E-state index contributed by atoms with van der Waals surface area (Å²) in [6, 6.07) is 0. The van der Waals surface area contributed by atoms with E-state index in [9.17, 15) is 9.90 Å². The number of carbonyl (C=O) groups is 1. The molecule has 4 heteroatoms. The summed E-state index contributed by atoms with van der Waals surface area (Å²) in [6.07, 6.45) is 0.688. The van der Waals surface area contributed by atoms with Crippen LogP contribution in [0.1, 0.15) is 13.3 Å². The lowest BCUT2D eigenvalue weighted by Crippen LogP contribution is -2.33. The normalized spacial score (nSPS) is 27.3. The van der Waals surface area contributed by atoms with Gasteiger partial charge in [-0.1, -0.05) is 0 Å². The number of nitrogens with two attached hydrogens (primary N) is 1. The molecule has 0 aromatic rings. The van der Waals surface area contributed by atoms with Gasteiger partial charge in [-0.05, 0) is 25.8 Å². The van der Waals surface area contributed by atoms with E-state index in [0.29, 0.717) is 12.5 Å². The van der Waals surface area contributed by atoms with E-state index in [4.69, 9.17) is 5.73 Å². The zero-order chi connectivity index (χ0) is 9.14. The van der Waals surface area contributed by atoms with Gasteiger partial charge in [0.1, 0.15) is 0 Å². The Morgan fingerprint density at radius 1 is 1.83 bits per heavy atom. The zero-order valence-electron chi connectivity index (χ0n) is 7.36. The molecule has 4 nitrogen and oxygen atoms in total. The fourth-order valence-electron chi connectivity index (χ4n) is 1.62. The van der Waals surface area contributed by atoms with Crippen molar-refractivity contribution in [3.63, 3.8) is 0 Å². The first-order valence-corrected chi connectivity index (χ1v) is 4.28. The quantitative estimate of drug-likeness (QED) is 0.584. The van der Waals surface area contributed by atoms with Crippen molar-refractivity contribution < 1.29 is 9.90 Å². The highest BCUT2D eigenvalue weighted by Gasteiger charge is 2.26. The highest BCUT2D eigenvalue weighted by Crippen LogP contribution is 2.18. The van der Waals surface area contributed by atoms with Crippen LogP contribution in [0.5, 0.6) is 0 Å². The third kappa shape index (κ3) is 2.46. The van der Waals surface area contributed by atoms with Crippen molar-refractivity contribution in [2.24, 2.45) is 11.7 Å². The first-order valence-electron chi connectivity index (χ1n) is 4.28. The van der Waals surface area contributed by atoms with Gasteiger partial charge in [-0.2, -0.15) is 0 Å². The summed E-state index contributed by atoms with van der Waals surface area (Å²) in [5, 5.41) is 9.26. The van der Waals surface area contributed by atoms with Gasteiger partial charge >= 0.3 is 0 Å². The lowest BCUT2D eigenvalue weighted by molar-refractivity contribution is -0.119. The van der Waals surface area contributed by atoms with Crippen LogP contribution in [-0.4, -0.2) is 41.7 Å². The second-order valence-corrected chi connectivity index (χ2v) is 3.49. The van der Waals surface area contributed by atoms with Crippen molar-refractivity contribution >= 4 is 5.91 Å². The van der Waals surface area contributed by atoms with Gasteiger partial charge < -0.3 is 10.8 Å². The highest BCUT2D eigenvalue weighted by molar-refractivity contribution is 5.75. The van der Waals surface area contributed by atoms with E-state index >= 15 is 0 Å². The molecule has 2 atom stereocenters. The largest absolute Gasteiger partial charge is 0.393 e. The van der Waals surface area contributed by atoms with Crippen molar-refractivity contribution in [2.45, 2.75) is 19.4 Å². The van der Waals surface area contributed by atoms with E-state index in [2.05, 4.69) is 0 Å². The number of aliphatic hydroxyl groups is 1. The summed E-state index contributed by atoms with van der Waals surface area (Å²) in [5.74, 6) is 0.0191. The summed E-state index contributed by atoms with van der Waals surface area (Å²) in [7, 11) is 0. The van der Waals surface area contributed by atoms with Crippen LogP contribution in [0.4, 0.5) is 0 Å². The van der Waals surface area contributed by atoms with Crippen LogP contribution < -0.4 is 5.73 Å². The molecule has 1 aliphatic heterocycles. The fourth-order valence-corrected chi connectivity index (χ4v) is 1.62. The Morgan fingerprint density at radius 2 is 2.50 bits per heavy atom. The van der Waals surface area contributed by atoms with Crippen molar-refractivity contribution in [3.8, 4) is 0 Å². The lowest BCUT2D eigenvalue weighted by Gasteiger charge is -2.15. The molecule has 1 saturated heterocycles. The molecule has 0 aromatic carbocycles. The number of likely N-dealkylation sites (tertiary alicyclic amines) is 1. The second-order valence-electron chi connectivity index (χ2n) is 3.49. The molecule has 0 spiro atoms. The van der Waals surface area contributed by atoms with Gasteiger partial charge in [-0.25, -0.2) is 0 Å². The van der Waals surface area contributed by atoms with Crippen molar-refractivity contribution in [1.82, 2.24) is 4.90 Å². The maximum atomic E-state index is 10.5. The minimum Gasteiger partial charge on any atom is -0.393 e. The molecule has 0 bridgehead atoms. The van der Waals surface area contributed by atoms with Crippen LogP contribution in [0.3, 0.4) is 0 Å². The van der Waals surface area contributed by atoms with E-state index in [0.717, 1.165) is 19.5 Å². The number of nitrogens with zero attached hydrogens (tertiary/aromatic N) is 1. The summed E-state index contributed by atoms with van der Waals surface area (Å²) in [4.78, 5) is 12.5. The molecule has 0 radical (unpaired) electrons. The molecule has 1 fully saturated rings. The first-order chi connectivity index (χ1) is 5.59. The zero-order valence-corrected chi connectivity index (χ0v) is 7.36. The van der Waals surface area contributed by atoms with Gasteiger partial charge in [0.05, 0.1) is 12.6 Å². The number of hydrogen-bond acceptors (Lipinski definition) is 3. The van der Waals surface area contributed by atoms with E-state index in [1.807, 2.05) is 4.90 Å². The molecule has 3 N–H and O–H groups in total. The van der Waals surface area contributed by atoms with Crippen molar-refractivity contribution in [1.29, 1.82) is 0 Å². The van der Waals surface area contributed by atoms with Gasteiger partial charge in [0.2, 0.25) is 5.91 Å². The fraction of sp³-hybridized carbons (Fsp3) is 0.875. The minimum absolute atomic E-state index is 0.275. The average Bonchev–Trinajstić information content (AvgIpc) is 2.34. The maximum Gasteiger partial charge on any atom is 0.231 e. The Morgan fingerprint density at radius 3 is 2.92 bits per heavy atom. The van der Waals surface area contributed by atoms with Crippen LogP contribution in [0.25, 0.3) is 0 Å². The Bertz CT molecular complexity index is 170. The Balaban J connectivity index is 2.30. The number of carbonyl (C=O) groups excluding carboxylic acids is 1. The smallest absolute Gasteiger partial charge is 0.231 e. The lowest BCUT2D eigenvalue weighted by atomic mass is 10.0. The van der Waals surface area contributed by atoms with Gasteiger partial charge in [-0.3, -0.25) is 9.69 Å². The van der Waals surface area contributed by atoms with Crippen LogP contribution >= 0.6 is 0 Å². The molecule has 1 aliphatic rings. The Kier molecular flexibility index (Phi) is 3.05. The molecule has 2 unspecified atom stereocenters. The maximum absolute atomic E-state index is 10.5. The molecule has 1 amide bonds. The topological polar surface area (TPSA) is 66.6 Å². The number of hydrogen-bond donors (Lipinski definition) is 2. The van der Waals surface area contributed by atoms with Crippen molar-refractivity contribution in [2.75, 3.05) is 19.6 Å². The number of amides is 1. The summed E-state index contributed by atoms with van der Waals surface area (Å²) >= 11 is 0. The molecular formula is C8H16N2O2. The highest BCUT2D eigenvalue weighted by atomic mass is 16.3. The third-order valence-electron chi connectivity index (χ3n) is 2.37. The van der Waals surface area contributed by atoms with Crippen LogP contribution in [0.2, 0.25) is 0 Å². The number of primary amides is 1. The molecule has 1 rings (SSSR count). The first kappa shape index (κ1) is 9.48. The van der Waals surface area contributed by atoms with Gasteiger partial charge in [0.15, 0.2) is 0 Å². The number of rotatable bonds is 3. The molecule has 12 heavy (non-hydrogen) atoms. The predicted molar refractivity (Wildman–Crippen MR) is 45.4 cm³/mol. The molecule has 0 saturated carbocycles. The monoisotopic (exact) mass is 172 g/mol. The van der Waals surface area contributed by atoms with E-state index in [1.54, 1.807) is 6.92 Å². The molecule has 1 heterocycles. The van der Waals surface area contributed by atoms with E-state index in [1.165, 1.54) is 0 Å². The minimum atomic E-state index is -0.291. The van der Waals surface area contributed by atoms with E-state index in [-0.39, 0.29) is 12.0 Å².